The lowest BCUT2D eigenvalue weighted by Crippen LogP contribution is -2.37. The van der Waals surface area contributed by atoms with Crippen molar-refractivity contribution >= 4 is 5.95 Å². The minimum atomic E-state index is 0.654. The van der Waals surface area contributed by atoms with Crippen molar-refractivity contribution in [3.8, 4) is 11.3 Å². The van der Waals surface area contributed by atoms with Crippen LogP contribution in [0, 0.1) is 12.8 Å². The molecule has 0 radical (unpaired) electrons. The second kappa shape index (κ2) is 6.22. The van der Waals surface area contributed by atoms with E-state index >= 15 is 0 Å². The highest BCUT2D eigenvalue weighted by Crippen LogP contribution is 2.24. The first-order valence-corrected chi connectivity index (χ1v) is 7.62. The van der Waals surface area contributed by atoms with Gasteiger partial charge in [0, 0.05) is 24.8 Å². The van der Waals surface area contributed by atoms with Crippen molar-refractivity contribution in [3.63, 3.8) is 0 Å². The zero-order valence-corrected chi connectivity index (χ0v) is 12.5. The summed E-state index contributed by atoms with van der Waals surface area (Å²) in [6.45, 7) is 4.90. The van der Waals surface area contributed by atoms with Gasteiger partial charge < -0.3 is 10.6 Å². The number of hydrogen-bond acceptors (Lipinski definition) is 4. The molecule has 2 heterocycles. The third kappa shape index (κ3) is 3.05. The molecule has 110 valence electrons. The molecule has 0 unspecified atom stereocenters. The number of aryl methyl sites for hydroxylation is 1. The Morgan fingerprint density at radius 3 is 2.67 bits per heavy atom. The molecule has 0 amide bonds. The maximum Gasteiger partial charge on any atom is 0.225 e. The topological polar surface area (TPSA) is 55.0 Å². The Balaban J connectivity index is 1.83. The highest BCUT2D eigenvalue weighted by molar-refractivity contribution is 5.64. The predicted molar refractivity (Wildman–Crippen MR) is 86.2 cm³/mol. The van der Waals surface area contributed by atoms with Crippen LogP contribution in [0.25, 0.3) is 11.3 Å². The largest absolute Gasteiger partial charge is 0.341 e. The molecule has 1 saturated heterocycles. The van der Waals surface area contributed by atoms with Crippen molar-refractivity contribution in [2.75, 3.05) is 24.5 Å². The summed E-state index contributed by atoms with van der Waals surface area (Å²) >= 11 is 0. The van der Waals surface area contributed by atoms with E-state index in [0.717, 1.165) is 44.1 Å². The van der Waals surface area contributed by atoms with Gasteiger partial charge in [0.1, 0.15) is 0 Å². The van der Waals surface area contributed by atoms with Gasteiger partial charge in [0.2, 0.25) is 5.95 Å². The molecule has 0 bridgehead atoms. The number of anilines is 1. The summed E-state index contributed by atoms with van der Waals surface area (Å²) in [6.07, 6.45) is 4.13. The monoisotopic (exact) mass is 282 g/mol. The minimum absolute atomic E-state index is 0.654. The maximum absolute atomic E-state index is 5.75. The first-order chi connectivity index (χ1) is 10.3. The first kappa shape index (κ1) is 14.0. The van der Waals surface area contributed by atoms with E-state index in [1.54, 1.807) is 0 Å². The molecule has 4 heteroatoms. The van der Waals surface area contributed by atoms with Gasteiger partial charge in [0.25, 0.3) is 0 Å². The van der Waals surface area contributed by atoms with E-state index in [4.69, 9.17) is 10.7 Å². The summed E-state index contributed by atoms with van der Waals surface area (Å²) in [7, 11) is 0. The van der Waals surface area contributed by atoms with Gasteiger partial charge in [-0.05, 0) is 43.9 Å². The van der Waals surface area contributed by atoms with Gasteiger partial charge in [-0.2, -0.15) is 0 Å². The molecule has 21 heavy (non-hydrogen) atoms. The summed E-state index contributed by atoms with van der Waals surface area (Å²) in [5, 5.41) is 0. The Kier molecular flexibility index (Phi) is 4.15. The molecule has 1 aromatic heterocycles. The maximum atomic E-state index is 5.75. The third-order valence-corrected chi connectivity index (χ3v) is 4.29. The highest BCUT2D eigenvalue weighted by atomic mass is 15.2. The smallest absolute Gasteiger partial charge is 0.225 e. The molecule has 0 saturated carbocycles. The van der Waals surface area contributed by atoms with Crippen LogP contribution in [0.2, 0.25) is 0 Å². The molecule has 1 fully saturated rings. The van der Waals surface area contributed by atoms with Gasteiger partial charge in [0.15, 0.2) is 0 Å². The van der Waals surface area contributed by atoms with Crippen molar-refractivity contribution in [1.29, 1.82) is 0 Å². The molecule has 1 aromatic carbocycles. The van der Waals surface area contributed by atoms with E-state index < -0.39 is 0 Å². The standard InChI is InChI=1S/C17H22N4/c1-13-4-2-3-5-15(13)16-6-9-19-17(20-16)21-10-7-14(12-18)8-11-21/h2-6,9,14H,7-8,10-12,18H2,1H3. The van der Waals surface area contributed by atoms with Crippen LogP contribution in [-0.2, 0) is 0 Å². The molecule has 1 aliphatic rings. The van der Waals surface area contributed by atoms with E-state index in [1.807, 2.05) is 12.3 Å². The molecule has 2 aromatic rings. The number of piperidine rings is 1. The van der Waals surface area contributed by atoms with Crippen LogP contribution in [0.1, 0.15) is 18.4 Å². The molecular weight excluding hydrogens is 260 g/mol. The summed E-state index contributed by atoms with van der Waals surface area (Å²) < 4.78 is 0. The van der Waals surface area contributed by atoms with Crippen molar-refractivity contribution in [3.05, 3.63) is 42.1 Å². The molecule has 3 rings (SSSR count). The van der Waals surface area contributed by atoms with Gasteiger partial charge in [-0.1, -0.05) is 24.3 Å². The van der Waals surface area contributed by atoms with Crippen molar-refractivity contribution in [1.82, 2.24) is 9.97 Å². The van der Waals surface area contributed by atoms with Crippen molar-refractivity contribution in [2.24, 2.45) is 11.7 Å². The number of hydrogen-bond donors (Lipinski definition) is 1. The van der Waals surface area contributed by atoms with E-state index in [1.165, 1.54) is 11.1 Å². The fourth-order valence-electron chi connectivity index (χ4n) is 2.88. The van der Waals surface area contributed by atoms with Gasteiger partial charge in [-0.25, -0.2) is 9.97 Å². The number of nitrogens with zero attached hydrogens (tertiary/aromatic N) is 3. The van der Waals surface area contributed by atoms with E-state index in [2.05, 4.69) is 41.1 Å². The lowest BCUT2D eigenvalue weighted by Gasteiger charge is -2.31. The Morgan fingerprint density at radius 1 is 1.19 bits per heavy atom. The zero-order valence-electron chi connectivity index (χ0n) is 12.5. The second-order valence-electron chi connectivity index (χ2n) is 5.72. The number of rotatable bonds is 3. The normalized spacial score (nSPS) is 16.2. The van der Waals surface area contributed by atoms with Crippen LogP contribution < -0.4 is 10.6 Å². The SMILES string of the molecule is Cc1ccccc1-c1ccnc(N2CCC(CN)CC2)n1. The van der Waals surface area contributed by atoms with Gasteiger partial charge in [-0.3, -0.25) is 0 Å². The van der Waals surface area contributed by atoms with E-state index in [0.29, 0.717) is 5.92 Å². The molecular formula is C17H22N4. The Labute approximate surface area is 126 Å². The Bertz CT molecular complexity index is 603. The summed E-state index contributed by atoms with van der Waals surface area (Å²) in [4.78, 5) is 11.5. The van der Waals surface area contributed by atoms with Crippen LogP contribution in [-0.4, -0.2) is 29.6 Å². The van der Waals surface area contributed by atoms with Crippen molar-refractivity contribution < 1.29 is 0 Å². The fraction of sp³-hybridized carbons (Fsp3) is 0.412. The lowest BCUT2D eigenvalue weighted by atomic mass is 9.97. The molecule has 1 aliphatic heterocycles. The average molecular weight is 282 g/mol. The van der Waals surface area contributed by atoms with Crippen LogP contribution in [0.4, 0.5) is 5.95 Å². The van der Waals surface area contributed by atoms with E-state index in [9.17, 15) is 0 Å². The second-order valence-corrected chi connectivity index (χ2v) is 5.72. The lowest BCUT2D eigenvalue weighted by molar-refractivity contribution is 0.411. The molecule has 4 nitrogen and oxygen atoms in total. The summed E-state index contributed by atoms with van der Waals surface area (Å²) in [5.74, 6) is 1.49. The summed E-state index contributed by atoms with van der Waals surface area (Å²) in [6, 6.07) is 10.3. The quantitative estimate of drug-likeness (QED) is 0.940. The Hall–Kier alpha value is -1.94. The zero-order chi connectivity index (χ0) is 14.7. The fourth-order valence-corrected chi connectivity index (χ4v) is 2.88. The summed E-state index contributed by atoms with van der Waals surface area (Å²) in [5.41, 5.74) is 9.17. The molecule has 0 atom stereocenters. The molecule has 0 aliphatic carbocycles. The first-order valence-electron chi connectivity index (χ1n) is 7.62. The average Bonchev–Trinajstić information content (AvgIpc) is 2.55. The van der Waals surface area contributed by atoms with E-state index in [-0.39, 0.29) is 0 Å². The van der Waals surface area contributed by atoms with Gasteiger partial charge >= 0.3 is 0 Å². The third-order valence-electron chi connectivity index (χ3n) is 4.29. The van der Waals surface area contributed by atoms with Crippen molar-refractivity contribution in [2.45, 2.75) is 19.8 Å². The van der Waals surface area contributed by atoms with Crippen LogP contribution in [0.3, 0.4) is 0 Å². The van der Waals surface area contributed by atoms with Crippen LogP contribution in [0.15, 0.2) is 36.5 Å². The molecule has 0 spiro atoms. The number of nitrogens with two attached hydrogens (primary N) is 1. The van der Waals surface area contributed by atoms with Crippen LogP contribution >= 0.6 is 0 Å². The number of benzene rings is 1. The minimum Gasteiger partial charge on any atom is -0.341 e. The van der Waals surface area contributed by atoms with Crippen LogP contribution in [0.5, 0.6) is 0 Å². The Morgan fingerprint density at radius 2 is 1.95 bits per heavy atom. The predicted octanol–water partition coefficient (Wildman–Crippen LogP) is 2.63. The van der Waals surface area contributed by atoms with Gasteiger partial charge in [0.05, 0.1) is 5.69 Å². The highest BCUT2D eigenvalue weighted by Gasteiger charge is 2.20. The molecule has 2 N–H and O–H groups in total. The number of aromatic nitrogens is 2. The van der Waals surface area contributed by atoms with Gasteiger partial charge in [-0.15, -0.1) is 0 Å².